The summed E-state index contributed by atoms with van der Waals surface area (Å²) >= 11 is 0. The number of carbonyl (C=O) groups excluding carboxylic acids is 1. The van der Waals surface area contributed by atoms with Gasteiger partial charge in [-0.15, -0.1) is 0 Å². The first-order valence-corrected chi connectivity index (χ1v) is 4.78. The van der Waals surface area contributed by atoms with E-state index in [1.165, 1.54) is 12.1 Å². The minimum Gasteiger partial charge on any atom is -0.435 e. The molecule has 80 valence electrons. The second-order valence-electron chi connectivity index (χ2n) is 3.47. The van der Waals surface area contributed by atoms with Crippen LogP contribution in [0.15, 0.2) is 18.2 Å². The first-order chi connectivity index (χ1) is 7.16. The minimum atomic E-state index is -2.85. The number of alkyl halides is 2. The summed E-state index contributed by atoms with van der Waals surface area (Å²) in [6, 6.07) is 4.57. The molecule has 0 heterocycles. The third kappa shape index (κ3) is 2.14. The van der Waals surface area contributed by atoms with Gasteiger partial charge in [-0.25, -0.2) is 0 Å². The number of fused-ring (bicyclic) bond motifs is 1. The van der Waals surface area contributed by atoms with Crippen molar-refractivity contribution in [1.82, 2.24) is 0 Å². The highest BCUT2D eigenvalue weighted by Gasteiger charge is 2.18. The highest BCUT2D eigenvalue weighted by molar-refractivity contribution is 5.98. The maximum atomic E-state index is 11.9. The van der Waals surface area contributed by atoms with E-state index in [0.717, 1.165) is 18.4 Å². The van der Waals surface area contributed by atoms with Crippen molar-refractivity contribution in [3.05, 3.63) is 29.3 Å². The van der Waals surface area contributed by atoms with Crippen molar-refractivity contribution in [2.24, 2.45) is 0 Å². The third-order valence-corrected chi connectivity index (χ3v) is 2.46. The van der Waals surface area contributed by atoms with Gasteiger partial charge in [-0.2, -0.15) is 8.78 Å². The summed E-state index contributed by atoms with van der Waals surface area (Å²) in [5.74, 6) is 0.0648. The fourth-order valence-corrected chi connectivity index (χ4v) is 1.78. The van der Waals surface area contributed by atoms with Crippen molar-refractivity contribution in [3.8, 4) is 5.75 Å². The molecule has 0 bridgehead atoms. The van der Waals surface area contributed by atoms with Crippen LogP contribution in [0.1, 0.15) is 28.8 Å². The molecule has 0 saturated carbocycles. The molecular weight excluding hydrogens is 202 g/mol. The molecule has 0 aliphatic heterocycles. The van der Waals surface area contributed by atoms with Gasteiger partial charge in [0.1, 0.15) is 5.75 Å². The number of ketones is 1. The summed E-state index contributed by atoms with van der Waals surface area (Å²) in [6.07, 6.45) is 2.15. The van der Waals surface area contributed by atoms with Crippen molar-refractivity contribution in [2.75, 3.05) is 0 Å². The zero-order chi connectivity index (χ0) is 10.8. The topological polar surface area (TPSA) is 26.3 Å². The molecule has 1 aromatic carbocycles. The summed E-state index contributed by atoms with van der Waals surface area (Å²) in [5.41, 5.74) is 1.45. The molecule has 1 aromatic rings. The molecule has 15 heavy (non-hydrogen) atoms. The lowest BCUT2D eigenvalue weighted by Crippen LogP contribution is -2.11. The summed E-state index contributed by atoms with van der Waals surface area (Å²) in [4.78, 5) is 11.5. The Bertz CT molecular complexity index is 388. The first kappa shape index (κ1) is 10.1. The maximum Gasteiger partial charge on any atom is 0.387 e. The van der Waals surface area contributed by atoms with Gasteiger partial charge in [0.25, 0.3) is 0 Å². The Morgan fingerprint density at radius 1 is 1.27 bits per heavy atom. The summed E-state index contributed by atoms with van der Waals surface area (Å²) in [7, 11) is 0. The second-order valence-corrected chi connectivity index (χ2v) is 3.47. The number of aryl methyl sites for hydroxylation is 1. The number of benzene rings is 1. The van der Waals surface area contributed by atoms with E-state index in [2.05, 4.69) is 4.74 Å². The highest BCUT2D eigenvalue weighted by Crippen LogP contribution is 2.26. The zero-order valence-corrected chi connectivity index (χ0v) is 8.00. The molecular formula is C11H10F2O2. The lowest BCUT2D eigenvalue weighted by Gasteiger charge is -2.15. The van der Waals surface area contributed by atoms with Crippen LogP contribution in [0.2, 0.25) is 0 Å². The number of hydrogen-bond donors (Lipinski definition) is 0. The van der Waals surface area contributed by atoms with Crippen LogP contribution >= 0.6 is 0 Å². The number of hydrogen-bond acceptors (Lipinski definition) is 2. The van der Waals surface area contributed by atoms with E-state index in [-0.39, 0.29) is 11.5 Å². The van der Waals surface area contributed by atoms with E-state index in [4.69, 9.17) is 0 Å². The molecule has 0 aromatic heterocycles. The first-order valence-electron chi connectivity index (χ1n) is 4.78. The standard InChI is InChI=1S/C11H10F2O2/c12-11(13)15-8-5-4-7-2-1-3-10(14)9(7)6-8/h4-6,11H,1-3H2. The molecule has 0 radical (unpaired) electrons. The summed E-state index contributed by atoms with van der Waals surface area (Å²) in [6.45, 7) is -2.85. The minimum absolute atomic E-state index is 0.0102. The van der Waals surface area contributed by atoms with Gasteiger partial charge in [-0.1, -0.05) is 6.07 Å². The number of rotatable bonds is 2. The highest BCUT2D eigenvalue weighted by atomic mass is 19.3. The zero-order valence-electron chi connectivity index (χ0n) is 8.00. The number of halogens is 2. The molecule has 1 aliphatic rings. The predicted octanol–water partition coefficient (Wildman–Crippen LogP) is 2.81. The predicted molar refractivity (Wildman–Crippen MR) is 50.3 cm³/mol. The third-order valence-electron chi connectivity index (χ3n) is 2.46. The van der Waals surface area contributed by atoms with E-state index in [1.54, 1.807) is 6.07 Å². The van der Waals surface area contributed by atoms with E-state index >= 15 is 0 Å². The fourth-order valence-electron chi connectivity index (χ4n) is 1.78. The molecule has 0 amide bonds. The second kappa shape index (κ2) is 3.96. The summed E-state index contributed by atoms with van der Waals surface area (Å²) < 4.78 is 28.1. The van der Waals surface area contributed by atoms with Crippen LogP contribution in [-0.4, -0.2) is 12.4 Å². The normalized spacial score (nSPS) is 15.3. The number of ether oxygens (including phenoxy) is 1. The van der Waals surface area contributed by atoms with Gasteiger partial charge in [0.15, 0.2) is 5.78 Å². The smallest absolute Gasteiger partial charge is 0.387 e. The average molecular weight is 212 g/mol. The van der Waals surface area contributed by atoms with Gasteiger partial charge in [0.2, 0.25) is 0 Å². The van der Waals surface area contributed by atoms with Crippen molar-refractivity contribution in [1.29, 1.82) is 0 Å². The Morgan fingerprint density at radius 2 is 2.07 bits per heavy atom. The molecule has 0 spiro atoms. The Kier molecular flexibility index (Phi) is 2.66. The van der Waals surface area contributed by atoms with Crippen LogP contribution in [0.4, 0.5) is 8.78 Å². The van der Waals surface area contributed by atoms with E-state index < -0.39 is 6.61 Å². The molecule has 1 aliphatic carbocycles. The maximum absolute atomic E-state index is 11.9. The van der Waals surface area contributed by atoms with Crippen LogP contribution in [0.3, 0.4) is 0 Å². The van der Waals surface area contributed by atoms with Gasteiger partial charge in [-0.3, -0.25) is 4.79 Å². The monoisotopic (exact) mass is 212 g/mol. The van der Waals surface area contributed by atoms with E-state index in [9.17, 15) is 13.6 Å². The van der Waals surface area contributed by atoms with Gasteiger partial charge < -0.3 is 4.74 Å². The van der Waals surface area contributed by atoms with Gasteiger partial charge in [0, 0.05) is 12.0 Å². The fraction of sp³-hybridized carbons (Fsp3) is 0.364. The van der Waals surface area contributed by atoms with Crippen molar-refractivity contribution >= 4 is 5.78 Å². The average Bonchev–Trinajstić information content (AvgIpc) is 2.18. The largest absolute Gasteiger partial charge is 0.435 e. The molecule has 0 unspecified atom stereocenters. The Hall–Kier alpha value is -1.45. The van der Waals surface area contributed by atoms with Crippen molar-refractivity contribution in [3.63, 3.8) is 0 Å². The molecule has 4 heteroatoms. The van der Waals surface area contributed by atoms with Crippen molar-refractivity contribution in [2.45, 2.75) is 25.9 Å². The van der Waals surface area contributed by atoms with Gasteiger partial charge in [0.05, 0.1) is 0 Å². The molecule has 0 saturated heterocycles. The Morgan fingerprint density at radius 3 is 2.80 bits per heavy atom. The van der Waals surface area contributed by atoms with Crippen LogP contribution in [0, 0.1) is 0 Å². The quantitative estimate of drug-likeness (QED) is 0.753. The van der Waals surface area contributed by atoms with Crippen LogP contribution in [-0.2, 0) is 6.42 Å². The van der Waals surface area contributed by atoms with Crippen LogP contribution < -0.4 is 4.74 Å². The SMILES string of the molecule is O=C1CCCc2ccc(OC(F)F)cc21. The molecule has 2 nitrogen and oxygen atoms in total. The van der Waals surface area contributed by atoms with E-state index in [1.807, 2.05) is 0 Å². The van der Waals surface area contributed by atoms with Gasteiger partial charge in [-0.05, 0) is 30.5 Å². The lowest BCUT2D eigenvalue weighted by molar-refractivity contribution is -0.0499. The molecule has 2 rings (SSSR count). The van der Waals surface area contributed by atoms with Gasteiger partial charge >= 0.3 is 6.61 Å². The number of carbonyl (C=O) groups is 1. The molecule has 0 atom stereocenters. The molecule has 0 N–H and O–H groups in total. The Balaban J connectivity index is 2.31. The Labute approximate surface area is 85.9 Å². The number of Topliss-reactive ketones (excluding diaryl/α,β-unsaturated/α-hetero) is 1. The van der Waals surface area contributed by atoms with Crippen LogP contribution in [0.25, 0.3) is 0 Å². The van der Waals surface area contributed by atoms with Crippen LogP contribution in [0.5, 0.6) is 5.75 Å². The van der Waals surface area contributed by atoms with E-state index in [0.29, 0.717) is 12.0 Å². The molecule has 0 fully saturated rings. The summed E-state index contributed by atoms with van der Waals surface area (Å²) in [5, 5.41) is 0. The lowest BCUT2D eigenvalue weighted by atomic mass is 9.91. The van der Waals surface area contributed by atoms with Crippen molar-refractivity contribution < 1.29 is 18.3 Å².